The molecule has 2 aromatic rings. The lowest BCUT2D eigenvalue weighted by atomic mass is 10.2. The molecule has 0 unspecified atom stereocenters. The van der Waals surface area contributed by atoms with Crippen LogP contribution < -0.4 is 15.5 Å². The van der Waals surface area contributed by atoms with Gasteiger partial charge in [0.2, 0.25) is 0 Å². The first-order valence-electron chi connectivity index (χ1n) is 6.65. The van der Waals surface area contributed by atoms with Crippen molar-refractivity contribution in [2.45, 2.75) is 0 Å². The van der Waals surface area contributed by atoms with E-state index in [0.717, 1.165) is 18.8 Å². The van der Waals surface area contributed by atoms with Gasteiger partial charge in [0, 0.05) is 38.6 Å². The fourth-order valence-electron chi connectivity index (χ4n) is 2.49. The summed E-state index contributed by atoms with van der Waals surface area (Å²) >= 11 is 5.73. The van der Waals surface area contributed by atoms with Crippen molar-refractivity contribution in [3.8, 4) is 0 Å². The quantitative estimate of drug-likeness (QED) is 0.921. The van der Waals surface area contributed by atoms with Gasteiger partial charge in [0.1, 0.15) is 0 Å². The van der Waals surface area contributed by atoms with E-state index in [1.807, 2.05) is 11.0 Å². The first-order valence-corrected chi connectivity index (χ1v) is 7.03. The van der Waals surface area contributed by atoms with E-state index < -0.39 is 0 Å². The monoisotopic (exact) mass is 307 g/mol. The molecule has 3 heterocycles. The normalized spacial score (nSPS) is 15.3. The van der Waals surface area contributed by atoms with Crippen LogP contribution in [0.1, 0.15) is 0 Å². The van der Waals surface area contributed by atoms with Crippen molar-refractivity contribution >= 4 is 28.8 Å². The highest BCUT2D eigenvalue weighted by atomic mass is 35.5. The maximum atomic E-state index is 13.9. The molecule has 1 aliphatic heterocycles. The molecular formula is C14H15ClFN5. The fourth-order valence-corrected chi connectivity index (χ4v) is 2.63. The first kappa shape index (κ1) is 13.9. The largest absolute Gasteiger partial charge is 0.396 e. The molecule has 21 heavy (non-hydrogen) atoms. The third kappa shape index (κ3) is 2.85. The predicted octanol–water partition coefficient (Wildman–Crippen LogP) is 2.18. The van der Waals surface area contributed by atoms with E-state index in [4.69, 9.17) is 17.3 Å². The first-order chi connectivity index (χ1) is 10.1. The van der Waals surface area contributed by atoms with Crippen LogP contribution in [0.4, 0.5) is 21.6 Å². The molecule has 0 atom stereocenters. The van der Waals surface area contributed by atoms with E-state index in [9.17, 15) is 4.39 Å². The summed E-state index contributed by atoms with van der Waals surface area (Å²) in [6.07, 6.45) is 4.83. The van der Waals surface area contributed by atoms with Gasteiger partial charge in [-0.2, -0.15) is 0 Å². The minimum Gasteiger partial charge on any atom is -0.396 e. The summed E-state index contributed by atoms with van der Waals surface area (Å²) in [5.41, 5.74) is 7.55. The van der Waals surface area contributed by atoms with Crippen molar-refractivity contribution < 1.29 is 4.39 Å². The van der Waals surface area contributed by atoms with Crippen molar-refractivity contribution in [3.05, 3.63) is 41.6 Å². The number of nitrogens with zero attached hydrogens (tertiary/aromatic N) is 4. The van der Waals surface area contributed by atoms with Crippen molar-refractivity contribution in [2.75, 3.05) is 41.7 Å². The number of nitrogen functional groups attached to an aromatic ring is 1. The fraction of sp³-hybridized carbons (Fsp3) is 0.286. The number of anilines is 3. The zero-order valence-electron chi connectivity index (χ0n) is 11.3. The molecule has 110 valence electrons. The van der Waals surface area contributed by atoms with Crippen molar-refractivity contribution in [1.29, 1.82) is 0 Å². The molecule has 0 saturated carbocycles. The molecule has 0 radical (unpaired) electrons. The highest BCUT2D eigenvalue weighted by Crippen LogP contribution is 2.25. The highest BCUT2D eigenvalue weighted by molar-refractivity contribution is 6.30. The van der Waals surface area contributed by atoms with Crippen LogP contribution in [-0.2, 0) is 0 Å². The summed E-state index contributed by atoms with van der Waals surface area (Å²) in [4.78, 5) is 12.2. The van der Waals surface area contributed by atoms with E-state index in [1.54, 1.807) is 12.4 Å². The van der Waals surface area contributed by atoms with Crippen LogP contribution in [-0.4, -0.2) is 36.1 Å². The molecule has 5 nitrogen and oxygen atoms in total. The minimum atomic E-state index is -0.389. The van der Waals surface area contributed by atoms with Gasteiger partial charge >= 0.3 is 0 Å². The zero-order valence-corrected chi connectivity index (χ0v) is 12.1. The lowest BCUT2D eigenvalue weighted by molar-refractivity contribution is 0.589. The number of piperazine rings is 1. The lowest BCUT2D eigenvalue weighted by Gasteiger charge is -2.37. The van der Waals surface area contributed by atoms with Crippen molar-refractivity contribution in [1.82, 2.24) is 9.97 Å². The Kier molecular flexibility index (Phi) is 3.79. The minimum absolute atomic E-state index is 0.305. The third-order valence-corrected chi connectivity index (χ3v) is 3.74. The summed E-state index contributed by atoms with van der Waals surface area (Å²) in [6.45, 7) is 2.84. The van der Waals surface area contributed by atoms with E-state index in [2.05, 4.69) is 14.9 Å². The summed E-state index contributed by atoms with van der Waals surface area (Å²) in [6, 6.07) is 3.18. The topological polar surface area (TPSA) is 58.3 Å². The maximum Gasteiger partial charge on any atom is 0.167 e. The molecule has 3 rings (SSSR count). The summed E-state index contributed by atoms with van der Waals surface area (Å²) < 4.78 is 13.9. The molecule has 2 aromatic heterocycles. The van der Waals surface area contributed by atoms with Gasteiger partial charge in [-0.05, 0) is 12.1 Å². The maximum absolute atomic E-state index is 13.9. The molecule has 0 bridgehead atoms. The van der Waals surface area contributed by atoms with E-state index in [0.29, 0.717) is 29.6 Å². The number of hydrogen-bond acceptors (Lipinski definition) is 5. The molecule has 0 aromatic carbocycles. The average Bonchev–Trinajstić information content (AvgIpc) is 2.48. The third-order valence-electron chi connectivity index (χ3n) is 3.54. The van der Waals surface area contributed by atoms with E-state index in [-0.39, 0.29) is 5.82 Å². The summed E-state index contributed by atoms with van der Waals surface area (Å²) in [5.74, 6) is -0.0406. The predicted molar refractivity (Wildman–Crippen MR) is 82.3 cm³/mol. The number of rotatable bonds is 2. The second-order valence-electron chi connectivity index (χ2n) is 4.87. The van der Waals surface area contributed by atoms with Crippen LogP contribution in [0.25, 0.3) is 0 Å². The number of pyridine rings is 2. The Morgan fingerprint density at radius 1 is 1.14 bits per heavy atom. The second kappa shape index (κ2) is 5.73. The van der Waals surface area contributed by atoms with E-state index >= 15 is 0 Å². The Hall–Kier alpha value is -2.08. The highest BCUT2D eigenvalue weighted by Gasteiger charge is 2.21. The average molecular weight is 308 g/mol. The number of aromatic nitrogens is 2. The second-order valence-corrected chi connectivity index (χ2v) is 5.30. The van der Waals surface area contributed by atoms with Crippen LogP contribution in [0, 0.1) is 5.82 Å². The van der Waals surface area contributed by atoms with Crippen LogP contribution >= 0.6 is 11.6 Å². The molecule has 0 amide bonds. The van der Waals surface area contributed by atoms with Crippen LogP contribution in [0.2, 0.25) is 5.02 Å². The molecule has 1 aliphatic rings. The smallest absolute Gasteiger partial charge is 0.167 e. The van der Waals surface area contributed by atoms with Crippen LogP contribution in [0.3, 0.4) is 0 Å². The molecule has 0 aliphatic carbocycles. The van der Waals surface area contributed by atoms with Gasteiger partial charge in [-0.3, -0.25) is 4.98 Å². The van der Waals surface area contributed by atoms with Gasteiger partial charge in [-0.25, -0.2) is 9.37 Å². The molecule has 2 N–H and O–H groups in total. The van der Waals surface area contributed by atoms with Crippen molar-refractivity contribution in [2.24, 2.45) is 0 Å². The SMILES string of the molecule is Nc1cnccc1N1CCN(c2ncc(Cl)cc2F)CC1. The zero-order chi connectivity index (χ0) is 14.8. The van der Waals surface area contributed by atoms with Gasteiger partial charge in [0.15, 0.2) is 11.6 Å². The van der Waals surface area contributed by atoms with Gasteiger partial charge in [0.05, 0.1) is 22.6 Å². The number of halogens is 2. The molecule has 1 fully saturated rings. The van der Waals surface area contributed by atoms with Crippen LogP contribution in [0.5, 0.6) is 0 Å². The van der Waals surface area contributed by atoms with Gasteiger partial charge in [0.25, 0.3) is 0 Å². The molecule has 0 spiro atoms. The Morgan fingerprint density at radius 2 is 1.86 bits per heavy atom. The number of nitrogens with two attached hydrogens (primary N) is 1. The van der Waals surface area contributed by atoms with Crippen LogP contribution in [0.15, 0.2) is 30.7 Å². The summed E-state index contributed by atoms with van der Waals surface area (Å²) in [5, 5.41) is 0.305. The van der Waals surface area contributed by atoms with Crippen molar-refractivity contribution in [3.63, 3.8) is 0 Å². The number of hydrogen-bond donors (Lipinski definition) is 1. The Morgan fingerprint density at radius 3 is 2.52 bits per heavy atom. The van der Waals surface area contributed by atoms with Gasteiger partial charge < -0.3 is 15.5 Å². The summed E-state index contributed by atoms with van der Waals surface area (Å²) in [7, 11) is 0. The standard InChI is InChI=1S/C14H15ClFN5/c15-10-7-11(16)14(19-8-10)21-5-3-20(4-6-21)13-1-2-18-9-12(13)17/h1-2,7-9H,3-6,17H2. The Balaban J connectivity index is 1.72. The molecular weight excluding hydrogens is 293 g/mol. The van der Waals surface area contributed by atoms with E-state index in [1.165, 1.54) is 12.3 Å². The molecule has 7 heteroatoms. The van der Waals surface area contributed by atoms with Gasteiger partial charge in [-0.1, -0.05) is 11.6 Å². The Labute approximate surface area is 127 Å². The lowest BCUT2D eigenvalue weighted by Crippen LogP contribution is -2.47. The molecule has 1 saturated heterocycles. The van der Waals surface area contributed by atoms with Gasteiger partial charge in [-0.15, -0.1) is 0 Å². The Bertz CT molecular complexity index is 643.